The van der Waals surface area contributed by atoms with Crippen molar-refractivity contribution >= 4 is 11.8 Å². The van der Waals surface area contributed by atoms with Crippen molar-refractivity contribution in [2.75, 3.05) is 5.75 Å². The third kappa shape index (κ3) is 12.7. The largest absolute Gasteiger partial charge is 0.458 e. The molecule has 1 heterocycles. The highest BCUT2D eigenvalue weighted by atomic mass is 32.2. The first-order valence-electron chi connectivity index (χ1n) is 10.8. The summed E-state index contributed by atoms with van der Waals surface area (Å²) in [6, 6.07) is 3.98. The predicted octanol–water partition coefficient (Wildman–Crippen LogP) is 8.76. The highest BCUT2D eigenvalue weighted by Crippen LogP contribution is 2.23. The zero-order chi connectivity index (χ0) is 19.2. The maximum atomic E-state index is 5.35. The van der Waals surface area contributed by atoms with E-state index in [0.717, 1.165) is 28.6 Å². The Morgan fingerprint density at radius 2 is 1.58 bits per heavy atom. The lowest BCUT2D eigenvalue weighted by atomic mass is 9.91. The molecule has 1 rings (SSSR count). The van der Waals surface area contributed by atoms with Crippen molar-refractivity contribution in [3.8, 4) is 0 Å². The van der Waals surface area contributed by atoms with Gasteiger partial charge >= 0.3 is 0 Å². The standard InChI is InChI=1S/C24H42OS/c1-20(2)10-6-11-21(3)12-7-13-22(4)14-8-15-23(5)17-19-26-24-16-9-18-25-24/h9,16-18,20-22H,6-8,10-15,19H2,1-5H3/b23-17+. The second-order valence-electron chi connectivity index (χ2n) is 8.65. The summed E-state index contributed by atoms with van der Waals surface area (Å²) in [5, 5.41) is 1.01. The zero-order valence-electron chi connectivity index (χ0n) is 17.9. The smallest absolute Gasteiger partial charge is 0.160 e. The summed E-state index contributed by atoms with van der Waals surface area (Å²) < 4.78 is 5.35. The molecule has 1 nitrogen and oxygen atoms in total. The fourth-order valence-electron chi connectivity index (χ4n) is 3.42. The van der Waals surface area contributed by atoms with Gasteiger partial charge in [0.05, 0.1) is 6.26 Å². The molecule has 0 saturated heterocycles. The highest BCUT2D eigenvalue weighted by molar-refractivity contribution is 7.99. The molecular weight excluding hydrogens is 336 g/mol. The van der Waals surface area contributed by atoms with Gasteiger partial charge in [0.2, 0.25) is 0 Å². The van der Waals surface area contributed by atoms with Crippen molar-refractivity contribution in [2.24, 2.45) is 17.8 Å². The lowest BCUT2D eigenvalue weighted by molar-refractivity contribution is 0.389. The molecule has 0 spiro atoms. The Labute approximate surface area is 167 Å². The normalized spacial score (nSPS) is 14.8. The Balaban J connectivity index is 2.00. The number of furan rings is 1. The monoisotopic (exact) mass is 378 g/mol. The van der Waals surface area contributed by atoms with E-state index in [1.807, 2.05) is 12.1 Å². The van der Waals surface area contributed by atoms with Crippen molar-refractivity contribution in [1.29, 1.82) is 0 Å². The van der Waals surface area contributed by atoms with Crippen molar-refractivity contribution in [1.82, 2.24) is 0 Å². The molecule has 1 aromatic heterocycles. The average molecular weight is 379 g/mol. The number of hydrogen-bond acceptors (Lipinski definition) is 2. The van der Waals surface area contributed by atoms with Gasteiger partial charge in [-0.2, -0.15) is 0 Å². The van der Waals surface area contributed by atoms with Crippen LogP contribution < -0.4 is 0 Å². The van der Waals surface area contributed by atoms with Gasteiger partial charge in [-0.1, -0.05) is 96.1 Å². The highest BCUT2D eigenvalue weighted by Gasteiger charge is 2.06. The number of hydrogen-bond donors (Lipinski definition) is 0. The molecular formula is C24H42OS. The van der Waals surface area contributed by atoms with Crippen LogP contribution in [-0.4, -0.2) is 5.75 Å². The van der Waals surface area contributed by atoms with Crippen LogP contribution in [0.1, 0.15) is 92.4 Å². The number of thioether (sulfide) groups is 1. The Hall–Kier alpha value is -0.630. The van der Waals surface area contributed by atoms with Crippen molar-refractivity contribution in [3.05, 3.63) is 30.0 Å². The summed E-state index contributed by atoms with van der Waals surface area (Å²) in [7, 11) is 0. The summed E-state index contributed by atoms with van der Waals surface area (Å²) in [4.78, 5) is 0. The van der Waals surface area contributed by atoms with Gasteiger partial charge in [0.1, 0.15) is 0 Å². The molecule has 0 fully saturated rings. The minimum absolute atomic E-state index is 0.864. The van der Waals surface area contributed by atoms with Gasteiger partial charge in [0, 0.05) is 5.75 Å². The van der Waals surface area contributed by atoms with E-state index < -0.39 is 0 Å². The Bertz CT molecular complexity index is 461. The first-order chi connectivity index (χ1) is 12.5. The van der Waals surface area contributed by atoms with Gasteiger partial charge in [-0.25, -0.2) is 0 Å². The fourth-order valence-corrected chi connectivity index (χ4v) is 4.25. The Morgan fingerprint density at radius 3 is 2.15 bits per heavy atom. The molecule has 1 aromatic rings. The van der Waals surface area contributed by atoms with Crippen LogP contribution in [0.4, 0.5) is 0 Å². The van der Waals surface area contributed by atoms with Gasteiger partial charge < -0.3 is 4.42 Å². The van der Waals surface area contributed by atoms with Crippen molar-refractivity contribution in [2.45, 2.75) is 97.5 Å². The summed E-state index contributed by atoms with van der Waals surface area (Å²) in [6.07, 6.45) is 16.5. The first-order valence-corrected chi connectivity index (χ1v) is 11.8. The van der Waals surface area contributed by atoms with E-state index in [2.05, 4.69) is 40.7 Å². The molecule has 0 aliphatic carbocycles. The molecule has 2 heteroatoms. The van der Waals surface area contributed by atoms with Crippen molar-refractivity contribution < 1.29 is 4.42 Å². The third-order valence-corrected chi connectivity index (χ3v) is 6.14. The number of allylic oxidation sites excluding steroid dienone is 1. The molecule has 0 aromatic carbocycles. The summed E-state index contributed by atoms with van der Waals surface area (Å²) in [5.74, 6) is 3.67. The zero-order valence-corrected chi connectivity index (χ0v) is 18.7. The van der Waals surface area contributed by atoms with Gasteiger partial charge in [0.15, 0.2) is 5.09 Å². The molecule has 2 unspecified atom stereocenters. The summed E-state index contributed by atoms with van der Waals surface area (Å²) >= 11 is 1.77. The number of rotatable bonds is 15. The topological polar surface area (TPSA) is 13.1 Å². The SMILES string of the molecule is C/C(=C\CSc1ccco1)CCCC(C)CCCC(C)CCCC(C)C. The maximum absolute atomic E-state index is 5.35. The van der Waals surface area contributed by atoms with Crippen LogP contribution in [0.2, 0.25) is 0 Å². The van der Waals surface area contributed by atoms with Gasteiger partial charge in [-0.3, -0.25) is 0 Å². The van der Waals surface area contributed by atoms with E-state index in [1.165, 1.54) is 63.4 Å². The molecule has 0 bridgehead atoms. The minimum Gasteiger partial charge on any atom is -0.458 e. The fraction of sp³-hybridized carbons (Fsp3) is 0.750. The van der Waals surface area contributed by atoms with Crippen LogP contribution >= 0.6 is 11.8 Å². The predicted molar refractivity (Wildman–Crippen MR) is 118 cm³/mol. The summed E-state index contributed by atoms with van der Waals surface area (Å²) in [5.41, 5.74) is 1.52. The van der Waals surface area contributed by atoms with Crippen LogP contribution in [-0.2, 0) is 0 Å². The van der Waals surface area contributed by atoms with Crippen LogP contribution in [0.5, 0.6) is 0 Å². The van der Waals surface area contributed by atoms with Crippen LogP contribution in [0.3, 0.4) is 0 Å². The minimum atomic E-state index is 0.864. The quantitative estimate of drug-likeness (QED) is 0.223. The van der Waals surface area contributed by atoms with E-state index in [1.54, 1.807) is 18.0 Å². The van der Waals surface area contributed by atoms with Gasteiger partial charge in [-0.15, -0.1) is 0 Å². The van der Waals surface area contributed by atoms with Crippen LogP contribution in [0, 0.1) is 17.8 Å². The average Bonchev–Trinajstić information content (AvgIpc) is 3.08. The lowest BCUT2D eigenvalue weighted by Crippen LogP contribution is -2.00. The Kier molecular flexibility index (Phi) is 13.0. The van der Waals surface area contributed by atoms with Gasteiger partial charge in [-0.05, 0) is 49.7 Å². The van der Waals surface area contributed by atoms with Crippen molar-refractivity contribution in [3.63, 3.8) is 0 Å². The molecule has 0 N–H and O–H groups in total. The second kappa shape index (κ2) is 14.4. The maximum Gasteiger partial charge on any atom is 0.160 e. The molecule has 0 amide bonds. The van der Waals surface area contributed by atoms with Crippen LogP contribution in [0.15, 0.2) is 39.6 Å². The lowest BCUT2D eigenvalue weighted by Gasteiger charge is -2.15. The molecule has 0 aliphatic heterocycles. The van der Waals surface area contributed by atoms with Gasteiger partial charge in [0.25, 0.3) is 0 Å². The molecule has 150 valence electrons. The van der Waals surface area contributed by atoms with E-state index >= 15 is 0 Å². The molecule has 0 saturated carbocycles. The molecule has 26 heavy (non-hydrogen) atoms. The molecule has 0 radical (unpaired) electrons. The van der Waals surface area contributed by atoms with E-state index in [4.69, 9.17) is 4.42 Å². The molecule has 2 atom stereocenters. The first kappa shape index (κ1) is 23.4. The van der Waals surface area contributed by atoms with Crippen LogP contribution in [0.25, 0.3) is 0 Å². The van der Waals surface area contributed by atoms with E-state index in [-0.39, 0.29) is 0 Å². The summed E-state index contributed by atoms with van der Waals surface area (Å²) in [6.45, 7) is 11.8. The van der Waals surface area contributed by atoms with E-state index in [9.17, 15) is 0 Å². The third-order valence-electron chi connectivity index (χ3n) is 5.29. The second-order valence-corrected chi connectivity index (χ2v) is 9.68. The Morgan fingerprint density at radius 1 is 0.962 bits per heavy atom. The molecule has 0 aliphatic rings. The van der Waals surface area contributed by atoms with E-state index in [0.29, 0.717) is 0 Å².